The van der Waals surface area contributed by atoms with Crippen molar-refractivity contribution in [3.05, 3.63) is 46.3 Å². The van der Waals surface area contributed by atoms with Gasteiger partial charge in [-0.1, -0.05) is 0 Å². The molecule has 0 fully saturated rings. The summed E-state index contributed by atoms with van der Waals surface area (Å²) < 4.78 is 5.80. The smallest absolute Gasteiger partial charge is 0.248 e. The van der Waals surface area contributed by atoms with Gasteiger partial charge in [0, 0.05) is 23.0 Å². The van der Waals surface area contributed by atoms with E-state index in [-0.39, 0.29) is 11.3 Å². The predicted molar refractivity (Wildman–Crippen MR) is 69.9 cm³/mol. The number of pyridine rings is 1. The van der Waals surface area contributed by atoms with Crippen molar-refractivity contribution in [3.8, 4) is 5.75 Å². The first-order chi connectivity index (χ1) is 8.46. The molecule has 92 valence electrons. The van der Waals surface area contributed by atoms with Gasteiger partial charge < -0.3 is 14.8 Å². The Morgan fingerprint density at radius 1 is 1.22 bits per heavy atom. The first kappa shape index (κ1) is 10.9. The standard InChI is InChI=1S/C14H13NO3/c1-14(2)7-10(16)13-8-3-6-12(17)15-9(8)4-5-11(13)18-14/h3-7,16H,1-2H3,(H,15,17). The number of benzene rings is 1. The summed E-state index contributed by atoms with van der Waals surface area (Å²) in [5.74, 6) is 0.804. The SMILES string of the molecule is CC1(C)C=C(O)c2c(ccc3[nH]c(=O)ccc23)O1. The first-order valence-corrected chi connectivity index (χ1v) is 5.73. The maximum absolute atomic E-state index is 11.3. The van der Waals surface area contributed by atoms with E-state index >= 15 is 0 Å². The van der Waals surface area contributed by atoms with Gasteiger partial charge >= 0.3 is 0 Å². The van der Waals surface area contributed by atoms with Gasteiger partial charge in [-0.2, -0.15) is 0 Å². The second kappa shape index (κ2) is 3.38. The minimum atomic E-state index is -0.535. The quantitative estimate of drug-likeness (QED) is 0.747. The fourth-order valence-electron chi connectivity index (χ4n) is 2.28. The number of aromatic amines is 1. The van der Waals surface area contributed by atoms with Crippen LogP contribution in [0, 0.1) is 0 Å². The normalized spacial score (nSPS) is 16.9. The molecule has 0 saturated heterocycles. The molecule has 4 heteroatoms. The third kappa shape index (κ3) is 1.57. The van der Waals surface area contributed by atoms with Crippen LogP contribution in [0.1, 0.15) is 19.4 Å². The van der Waals surface area contributed by atoms with Gasteiger partial charge in [0.2, 0.25) is 5.56 Å². The molecule has 1 aliphatic rings. The summed E-state index contributed by atoms with van der Waals surface area (Å²) in [5, 5.41) is 10.9. The molecule has 0 spiro atoms. The Hall–Kier alpha value is -2.23. The monoisotopic (exact) mass is 243 g/mol. The number of hydrogen-bond donors (Lipinski definition) is 2. The largest absolute Gasteiger partial charge is 0.507 e. The molecule has 0 aliphatic carbocycles. The van der Waals surface area contributed by atoms with Gasteiger partial charge in [-0.3, -0.25) is 4.79 Å². The fraction of sp³-hybridized carbons (Fsp3) is 0.214. The van der Waals surface area contributed by atoms with Gasteiger partial charge in [0.15, 0.2) is 0 Å². The van der Waals surface area contributed by atoms with Crippen LogP contribution in [-0.2, 0) is 0 Å². The number of rotatable bonds is 0. The Bertz CT molecular complexity index is 725. The molecule has 0 atom stereocenters. The Morgan fingerprint density at radius 2 is 2.00 bits per heavy atom. The number of aliphatic hydroxyl groups is 1. The minimum absolute atomic E-state index is 0.164. The van der Waals surface area contributed by atoms with Crippen molar-refractivity contribution in [2.24, 2.45) is 0 Å². The lowest BCUT2D eigenvalue weighted by molar-refractivity contribution is 0.154. The zero-order valence-corrected chi connectivity index (χ0v) is 10.2. The molecule has 3 rings (SSSR count). The third-order valence-corrected chi connectivity index (χ3v) is 2.98. The minimum Gasteiger partial charge on any atom is -0.507 e. The summed E-state index contributed by atoms with van der Waals surface area (Å²) in [6, 6.07) is 6.68. The number of nitrogens with one attached hydrogen (secondary N) is 1. The van der Waals surface area contributed by atoms with Crippen LogP contribution in [0.15, 0.2) is 35.1 Å². The number of hydrogen-bond acceptors (Lipinski definition) is 3. The molecule has 0 unspecified atom stereocenters. The number of fused-ring (bicyclic) bond motifs is 3. The summed E-state index contributed by atoms with van der Waals surface area (Å²) in [7, 11) is 0. The molecule has 0 saturated carbocycles. The Labute approximate surface area is 104 Å². The van der Waals surface area contributed by atoms with Crippen LogP contribution in [0.4, 0.5) is 0 Å². The number of aromatic nitrogens is 1. The molecule has 1 aromatic carbocycles. The second-order valence-corrected chi connectivity index (χ2v) is 4.96. The van der Waals surface area contributed by atoms with Crippen molar-refractivity contribution in [1.29, 1.82) is 0 Å². The van der Waals surface area contributed by atoms with E-state index in [9.17, 15) is 9.90 Å². The molecule has 2 heterocycles. The predicted octanol–water partition coefficient (Wildman–Crippen LogP) is 2.60. The lowest BCUT2D eigenvalue weighted by atomic mass is 9.97. The van der Waals surface area contributed by atoms with E-state index in [4.69, 9.17) is 4.74 Å². The van der Waals surface area contributed by atoms with Gasteiger partial charge in [-0.25, -0.2) is 0 Å². The molecule has 1 aromatic heterocycles. The highest BCUT2D eigenvalue weighted by Crippen LogP contribution is 2.38. The van der Waals surface area contributed by atoms with Crippen LogP contribution in [-0.4, -0.2) is 15.7 Å². The van der Waals surface area contributed by atoms with Crippen LogP contribution in [0.2, 0.25) is 0 Å². The van der Waals surface area contributed by atoms with Crippen molar-refractivity contribution in [2.75, 3.05) is 0 Å². The van der Waals surface area contributed by atoms with Crippen molar-refractivity contribution >= 4 is 16.7 Å². The average molecular weight is 243 g/mol. The molecule has 0 amide bonds. The lowest BCUT2D eigenvalue weighted by Crippen LogP contribution is -2.29. The van der Waals surface area contributed by atoms with Crippen LogP contribution < -0.4 is 10.3 Å². The second-order valence-electron chi connectivity index (χ2n) is 4.96. The zero-order chi connectivity index (χ0) is 12.9. The van der Waals surface area contributed by atoms with Crippen LogP contribution in [0.5, 0.6) is 5.75 Å². The molecular formula is C14H13NO3. The van der Waals surface area contributed by atoms with E-state index in [0.717, 1.165) is 5.39 Å². The average Bonchev–Trinajstić information content (AvgIpc) is 2.26. The molecule has 0 radical (unpaired) electrons. The van der Waals surface area contributed by atoms with Crippen LogP contribution in [0.25, 0.3) is 16.7 Å². The molecule has 1 aliphatic heterocycles. The van der Waals surface area contributed by atoms with Gasteiger partial charge in [-0.15, -0.1) is 0 Å². The highest BCUT2D eigenvalue weighted by Gasteiger charge is 2.27. The van der Waals surface area contributed by atoms with E-state index in [1.807, 2.05) is 13.8 Å². The molecule has 2 N–H and O–H groups in total. The van der Waals surface area contributed by atoms with Gasteiger partial charge in [0.1, 0.15) is 17.1 Å². The van der Waals surface area contributed by atoms with Crippen molar-refractivity contribution in [3.63, 3.8) is 0 Å². The number of ether oxygens (including phenoxy) is 1. The summed E-state index contributed by atoms with van der Waals surface area (Å²) in [6.07, 6.45) is 1.67. The molecule has 2 aromatic rings. The lowest BCUT2D eigenvalue weighted by Gasteiger charge is -2.29. The summed E-state index contributed by atoms with van der Waals surface area (Å²) in [5.41, 5.74) is 0.614. The van der Waals surface area contributed by atoms with Crippen LogP contribution in [0.3, 0.4) is 0 Å². The molecular weight excluding hydrogens is 230 g/mol. The molecule has 0 bridgehead atoms. The molecule has 4 nitrogen and oxygen atoms in total. The van der Waals surface area contributed by atoms with Crippen molar-refractivity contribution in [2.45, 2.75) is 19.4 Å². The van der Waals surface area contributed by atoms with E-state index in [0.29, 0.717) is 16.8 Å². The molecule has 18 heavy (non-hydrogen) atoms. The van der Waals surface area contributed by atoms with E-state index in [1.165, 1.54) is 6.07 Å². The topological polar surface area (TPSA) is 62.3 Å². The first-order valence-electron chi connectivity index (χ1n) is 5.73. The van der Waals surface area contributed by atoms with E-state index in [1.54, 1.807) is 24.3 Å². The van der Waals surface area contributed by atoms with Crippen molar-refractivity contribution in [1.82, 2.24) is 4.98 Å². The maximum atomic E-state index is 11.3. The maximum Gasteiger partial charge on any atom is 0.248 e. The highest BCUT2D eigenvalue weighted by molar-refractivity contribution is 5.93. The van der Waals surface area contributed by atoms with Gasteiger partial charge in [-0.05, 0) is 32.0 Å². The summed E-state index contributed by atoms with van der Waals surface area (Å²) in [6.45, 7) is 3.76. The van der Waals surface area contributed by atoms with Crippen molar-refractivity contribution < 1.29 is 9.84 Å². The zero-order valence-electron chi connectivity index (χ0n) is 10.2. The Morgan fingerprint density at radius 3 is 2.78 bits per heavy atom. The summed E-state index contributed by atoms with van der Waals surface area (Å²) >= 11 is 0. The third-order valence-electron chi connectivity index (χ3n) is 2.98. The highest BCUT2D eigenvalue weighted by atomic mass is 16.5. The fourth-order valence-corrected chi connectivity index (χ4v) is 2.28. The van der Waals surface area contributed by atoms with E-state index in [2.05, 4.69) is 4.98 Å². The number of aliphatic hydroxyl groups excluding tert-OH is 1. The van der Waals surface area contributed by atoms with Gasteiger partial charge in [0.25, 0.3) is 0 Å². The van der Waals surface area contributed by atoms with E-state index < -0.39 is 5.60 Å². The number of H-pyrrole nitrogens is 1. The summed E-state index contributed by atoms with van der Waals surface area (Å²) in [4.78, 5) is 14.0. The Kier molecular flexibility index (Phi) is 2.05. The van der Waals surface area contributed by atoms with Gasteiger partial charge in [0.05, 0.1) is 5.56 Å². The van der Waals surface area contributed by atoms with Crippen LogP contribution >= 0.6 is 0 Å². The Balaban J connectivity index is 2.37.